The Labute approximate surface area is 234 Å². The van der Waals surface area contributed by atoms with Crippen LogP contribution in [0, 0.1) is 6.92 Å². The first-order chi connectivity index (χ1) is 18.9. The van der Waals surface area contributed by atoms with Crippen molar-refractivity contribution in [3.8, 4) is 11.5 Å². The maximum absolute atomic E-state index is 13.5. The van der Waals surface area contributed by atoms with Crippen molar-refractivity contribution in [2.24, 2.45) is 5.10 Å². The van der Waals surface area contributed by atoms with Crippen LogP contribution in [0.2, 0.25) is 0 Å². The number of methoxy groups -OCH3 is 1. The molecule has 3 aromatic rings. The monoisotopic (exact) mass is 567 g/mol. The zero-order valence-corrected chi connectivity index (χ0v) is 23.9. The molecule has 0 saturated carbocycles. The van der Waals surface area contributed by atoms with Crippen LogP contribution in [0.4, 0.5) is 5.69 Å². The molecule has 40 heavy (non-hydrogen) atoms. The summed E-state index contributed by atoms with van der Waals surface area (Å²) in [5, 5.41) is 3.95. The van der Waals surface area contributed by atoms with Crippen molar-refractivity contribution in [3.05, 3.63) is 83.9 Å². The molecule has 0 spiro atoms. The number of rotatable bonds is 11. The van der Waals surface area contributed by atoms with Crippen LogP contribution in [-0.2, 0) is 24.3 Å². The van der Waals surface area contributed by atoms with Crippen LogP contribution in [0.1, 0.15) is 31.9 Å². The number of hydrogen-bond acceptors (Lipinski definition) is 8. The molecule has 0 heterocycles. The Kier molecular flexibility index (Phi) is 9.89. The van der Waals surface area contributed by atoms with Gasteiger partial charge in [0.25, 0.3) is 15.9 Å². The van der Waals surface area contributed by atoms with E-state index >= 15 is 0 Å². The summed E-state index contributed by atoms with van der Waals surface area (Å²) >= 11 is 0. The molecular weight excluding hydrogens is 534 g/mol. The van der Waals surface area contributed by atoms with Crippen LogP contribution in [0.3, 0.4) is 0 Å². The zero-order chi connectivity index (χ0) is 29.3. The molecule has 0 aliphatic carbocycles. The highest BCUT2D eigenvalue weighted by atomic mass is 32.2. The first-order valence-corrected chi connectivity index (χ1v) is 13.8. The van der Waals surface area contributed by atoms with Crippen molar-refractivity contribution in [1.29, 1.82) is 0 Å². The van der Waals surface area contributed by atoms with Crippen molar-refractivity contribution >= 4 is 33.8 Å². The minimum Gasteiger partial charge on any atom is -0.497 e. The van der Waals surface area contributed by atoms with Crippen molar-refractivity contribution in [2.45, 2.75) is 38.2 Å². The van der Waals surface area contributed by atoms with E-state index in [-0.39, 0.29) is 11.5 Å². The number of nitrogens with one attached hydrogen (secondary N) is 1. The molecular formula is C29H33N3O7S. The number of aryl methyl sites for hydroxylation is 1. The number of esters is 1. The van der Waals surface area contributed by atoms with E-state index in [1.54, 1.807) is 81.4 Å². The summed E-state index contributed by atoms with van der Waals surface area (Å²) in [4.78, 5) is 24.6. The third-order valence-corrected chi connectivity index (χ3v) is 7.10. The molecule has 1 N–H and O–H groups in total. The molecule has 0 unspecified atom stereocenters. The van der Waals surface area contributed by atoms with Gasteiger partial charge in [-0.15, -0.1) is 0 Å². The predicted molar refractivity (Wildman–Crippen MR) is 152 cm³/mol. The van der Waals surface area contributed by atoms with Crippen LogP contribution in [0.15, 0.2) is 82.8 Å². The summed E-state index contributed by atoms with van der Waals surface area (Å²) in [5.41, 5.74) is 3.62. The number of carbonyl (C=O) groups excluding carboxylic acids is 2. The number of benzene rings is 3. The van der Waals surface area contributed by atoms with Gasteiger partial charge in [-0.3, -0.25) is 9.10 Å². The largest absolute Gasteiger partial charge is 0.497 e. The smallest absolute Gasteiger partial charge is 0.344 e. The number of anilines is 1. The molecule has 212 valence electrons. The standard InChI is InChI=1S/C29H33N3O7S/c1-21-6-16-26(17-7-21)40(35,36)32(23-10-14-24(37-5)15-11-23)19-27(33)31-30-18-22-8-12-25(13-9-22)38-20-28(34)39-29(2,3)4/h6-18H,19-20H2,1-5H3,(H,31,33)/b30-18-. The summed E-state index contributed by atoms with van der Waals surface area (Å²) < 4.78 is 43.7. The second-order valence-corrected chi connectivity index (χ2v) is 11.6. The molecule has 0 atom stereocenters. The molecule has 3 rings (SSSR count). The second-order valence-electron chi connectivity index (χ2n) is 9.76. The quantitative estimate of drug-likeness (QED) is 0.210. The fraction of sp³-hybridized carbons (Fsp3) is 0.276. The van der Waals surface area contributed by atoms with Crippen molar-refractivity contribution in [3.63, 3.8) is 0 Å². The van der Waals surface area contributed by atoms with Gasteiger partial charge in [0.2, 0.25) is 0 Å². The van der Waals surface area contributed by atoms with Crippen molar-refractivity contribution < 1.29 is 32.2 Å². The van der Waals surface area contributed by atoms with Gasteiger partial charge in [-0.05, 0) is 93.9 Å². The van der Waals surface area contributed by atoms with Crippen LogP contribution < -0.4 is 19.2 Å². The molecule has 0 aliphatic rings. The summed E-state index contributed by atoms with van der Waals surface area (Å²) in [6, 6.07) is 19.4. The van der Waals surface area contributed by atoms with Gasteiger partial charge in [0.15, 0.2) is 6.61 Å². The van der Waals surface area contributed by atoms with E-state index in [4.69, 9.17) is 14.2 Å². The molecule has 0 aromatic heterocycles. The van der Waals surface area contributed by atoms with Crippen LogP contribution in [-0.4, -0.2) is 52.4 Å². The maximum Gasteiger partial charge on any atom is 0.344 e. The fourth-order valence-corrected chi connectivity index (χ4v) is 4.83. The molecule has 0 radical (unpaired) electrons. The normalized spacial score (nSPS) is 11.6. The Morgan fingerprint density at radius 2 is 1.52 bits per heavy atom. The van der Waals surface area contributed by atoms with Gasteiger partial charge in [-0.25, -0.2) is 18.6 Å². The lowest BCUT2D eigenvalue weighted by Crippen LogP contribution is -2.39. The van der Waals surface area contributed by atoms with E-state index in [1.165, 1.54) is 25.5 Å². The molecule has 0 saturated heterocycles. The lowest BCUT2D eigenvalue weighted by molar-refractivity contribution is -0.157. The maximum atomic E-state index is 13.5. The summed E-state index contributed by atoms with van der Waals surface area (Å²) in [7, 11) is -2.55. The van der Waals surface area contributed by atoms with Gasteiger partial charge in [0.1, 0.15) is 23.6 Å². The van der Waals surface area contributed by atoms with Gasteiger partial charge in [-0.1, -0.05) is 17.7 Å². The van der Waals surface area contributed by atoms with E-state index < -0.39 is 34.0 Å². The molecule has 3 aromatic carbocycles. The fourth-order valence-electron chi connectivity index (χ4n) is 3.41. The average molecular weight is 568 g/mol. The summed E-state index contributed by atoms with van der Waals surface area (Å²) in [5.74, 6) is -0.107. The first kappa shape index (κ1) is 30.2. The van der Waals surface area contributed by atoms with Gasteiger partial charge < -0.3 is 14.2 Å². The number of hydrogen-bond donors (Lipinski definition) is 1. The third-order valence-electron chi connectivity index (χ3n) is 5.32. The molecule has 0 aliphatic heterocycles. The van der Waals surface area contributed by atoms with Crippen LogP contribution in [0.25, 0.3) is 0 Å². The average Bonchev–Trinajstić information content (AvgIpc) is 2.90. The van der Waals surface area contributed by atoms with Gasteiger partial charge >= 0.3 is 5.97 Å². The number of amides is 1. The Morgan fingerprint density at radius 1 is 0.925 bits per heavy atom. The summed E-state index contributed by atoms with van der Waals surface area (Å²) in [6.45, 7) is 6.45. The number of nitrogens with zero attached hydrogens (tertiary/aromatic N) is 2. The molecule has 0 fully saturated rings. The Hall–Kier alpha value is -4.38. The number of sulfonamides is 1. The summed E-state index contributed by atoms with van der Waals surface area (Å²) in [6.07, 6.45) is 1.40. The highest BCUT2D eigenvalue weighted by Gasteiger charge is 2.27. The predicted octanol–water partition coefficient (Wildman–Crippen LogP) is 4.07. The van der Waals surface area contributed by atoms with Crippen molar-refractivity contribution in [1.82, 2.24) is 5.43 Å². The Balaban J connectivity index is 1.66. The Morgan fingerprint density at radius 3 is 2.10 bits per heavy atom. The van der Waals surface area contributed by atoms with Gasteiger partial charge in [-0.2, -0.15) is 5.10 Å². The van der Waals surface area contributed by atoms with E-state index in [0.717, 1.165) is 9.87 Å². The van der Waals surface area contributed by atoms with E-state index in [1.807, 2.05) is 6.92 Å². The highest BCUT2D eigenvalue weighted by Crippen LogP contribution is 2.26. The number of ether oxygens (including phenoxy) is 3. The Bertz CT molecular complexity index is 1430. The lowest BCUT2D eigenvalue weighted by Gasteiger charge is -2.24. The molecule has 0 bridgehead atoms. The molecule has 1 amide bonds. The van der Waals surface area contributed by atoms with E-state index in [0.29, 0.717) is 22.7 Å². The highest BCUT2D eigenvalue weighted by molar-refractivity contribution is 7.92. The van der Waals surface area contributed by atoms with Gasteiger partial charge in [0.05, 0.1) is 23.9 Å². The SMILES string of the molecule is COc1ccc(N(CC(=O)N/N=C\c2ccc(OCC(=O)OC(C)(C)C)cc2)S(=O)(=O)c2ccc(C)cc2)cc1. The van der Waals surface area contributed by atoms with Crippen LogP contribution >= 0.6 is 0 Å². The first-order valence-electron chi connectivity index (χ1n) is 12.4. The number of hydrazone groups is 1. The third kappa shape index (κ3) is 8.84. The lowest BCUT2D eigenvalue weighted by atomic mass is 10.2. The van der Waals surface area contributed by atoms with E-state index in [2.05, 4.69) is 10.5 Å². The van der Waals surface area contributed by atoms with Crippen LogP contribution in [0.5, 0.6) is 11.5 Å². The van der Waals surface area contributed by atoms with E-state index in [9.17, 15) is 18.0 Å². The second kappa shape index (κ2) is 13.1. The zero-order valence-electron chi connectivity index (χ0n) is 23.1. The minimum absolute atomic E-state index is 0.0548. The minimum atomic E-state index is -4.06. The molecule has 10 nitrogen and oxygen atoms in total. The number of carbonyl (C=O) groups is 2. The topological polar surface area (TPSA) is 124 Å². The van der Waals surface area contributed by atoms with Crippen molar-refractivity contribution in [2.75, 3.05) is 24.6 Å². The van der Waals surface area contributed by atoms with Gasteiger partial charge in [0, 0.05) is 0 Å². The molecule has 11 heteroatoms.